The fourth-order valence-electron chi connectivity index (χ4n) is 5.33. The summed E-state index contributed by atoms with van der Waals surface area (Å²) in [6.45, 7) is 13.0. The number of likely N-dealkylation sites (tertiary alicyclic amines) is 1. The third-order valence-corrected chi connectivity index (χ3v) is 6.93. The maximum atomic E-state index is 5.97. The Morgan fingerprint density at radius 1 is 1.14 bits per heavy atom. The molecule has 3 aliphatic carbocycles. The molecule has 4 rings (SSSR count). The number of hydrogen-bond acceptors (Lipinski definition) is 2. The molecule has 0 aromatic carbocycles. The molecule has 0 aromatic rings. The predicted octanol–water partition coefficient (Wildman–Crippen LogP) is 4.20. The molecule has 1 aliphatic heterocycles. The molecule has 0 radical (unpaired) electrons. The summed E-state index contributed by atoms with van der Waals surface area (Å²) >= 11 is 0. The Morgan fingerprint density at radius 2 is 2.00 bits per heavy atom. The van der Waals surface area contributed by atoms with Gasteiger partial charge in [0.2, 0.25) is 0 Å². The lowest BCUT2D eigenvalue weighted by Gasteiger charge is -2.60. The van der Waals surface area contributed by atoms with Crippen LogP contribution in [0.15, 0.2) is 0 Å². The van der Waals surface area contributed by atoms with Crippen molar-refractivity contribution in [1.29, 1.82) is 0 Å². The molecule has 21 heavy (non-hydrogen) atoms. The quantitative estimate of drug-likeness (QED) is 0.681. The normalized spacial score (nSPS) is 39.0. The second kappa shape index (κ2) is 6.58. The van der Waals surface area contributed by atoms with E-state index in [4.69, 9.17) is 4.74 Å². The molecule has 0 amide bonds. The molecule has 2 heteroatoms. The molecule has 1 saturated heterocycles. The maximum absolute atomic E-state index is 5.97. The van der Waals surface area contributed by atoms with Crippen molar-refractivity contribution in [3.63, 3.8) is 0 Å². The average Bonchev–Trinajstić information content (AvgIpc) is 2.47. The van der Waals surface area contributed by atoms with Crippen LogP contribution in [-0.4, -0.2) is 37.7 Å². The van der Waals surface area contributed by atoms with E-state index in [1.54, 1.807) is 0 Å². The summed E-state index contributed by atoms with van der Waals surface area (Å²) in [6.07, 6.45) is 8.53. The molecule has 4 fully saturated rings. The summed E-state index contributed by atoms with van der Waals surface area (Å²) in [5.41, 5.74) is 0.632. The Morgan fingerprint density at radius 3 is 2.71 bits per heavy atom. The van der Waals surface area contributed by atoms with Crippen LogP contribution in [0, 0.1) is 29.1 Å². The van der Waals surface area contributed by atoms with E-state index in [0.29, 0.717) is 5.41 Å². The van der Waals surface area contributed by atoms with Gasteiger partial charge in [-0.3, -0.25) is 0 Å². The van der Waals surface area contributed by atoms with Gasteiger partial charge in [0.15, 0.2) is 0 Å². The highest BCUT2D eigenvalue weighted by atomic mass is 16.5. The third kappa shape index (κ3) is 3.47. The smallest absolute Gasteiger partial charge is 0.0593 e. The first-order valence-corrected chi connectivity index (χ1v) is 9.37. The third-order valence-electron chi connectivity index (χ3n) is 6.93. The van der Waals surface area contributed by atoms with Gasteiger partial charge in [0.05, 0.1) is 6.61 Å². The van der Waals surface area contributed by atoms with Gasteiger partial charge in [-0.25, -0.2) is 0 Å². The Balaban J connectivity index is 1.28. The van der Waals surface area contributed by atoms with E-state index in [2.05, 4.69) is 25.7 Å². The summed E-state index contributed by atoms with van der Waals surface area (Å²) in [5, 5.41) is 0. The highest BCUT2D eigenvalue weighted by Crippen LogP contribution is 2.61. The zero-order valence-corrected chi connectivity index (χ0v) is 14.4. The molecule has 2 bridgehead atoms. The van der Waals surface area contributed by atoms with Gasteiger partial charge >= 0.3 is 0 Å². The van der Waals surface area contributed by atoms with Crippen LogP contribution in [0.4, 0.5) is 0 Å². The average molecular weight is 293 g/mol. The van der Waals surface area contributed by atoms with Crippen molar-refractivity contribution in [2.45, 2.75) is 59.3 Å². The summed E-state index contributed by atoms with van der Waals surface area (Å²) in [7, 11) is 0. The van der Waals surface area contributed by atoms with E-state index in [0.717, 1.165) is 43.4 Å². The van der Waals surface area contributed by atoms with Crippen molar-refractivity contribution >= 4 is 0 Å². The van der Waals surface area contributed by atoms with Gasteiger partial charge in [-0.05, 0) is 74.2 Å². The van der Waals surface area contributed by atoms with Crippen LogP contribution >= 0.6 is 0 Å². The zero-order chi connectivity index (χ0) is 14.9. The number of hydrogen-bond donors (Lipinski definition) is 0. The van der Waals surface area contributed by atoms with Crippen molar-refractivity contribution in [1.82, 2.24) is 4.90 Å². The van der Waals surface area contributed by atoms with Crippen molar-refractivity contribution < 1.29 is 4.74 Å². The first-order valence-electron chi connectivity index (χ1n) is 9.37. The van der Waals surface area contributed by atoms with Crippen molar-refractivity contribution in [2.75, 3.05) is 32.8 Å². The van der Waals surface area contributed by atoms with Gasteiger partial charge in [0, 0.05) is 19.7 Å². The highest BCUT2D eigenvalue weighted by molar-refractivity contribution is 5.03. The second-order valence-electron chi connectivity index (χ2n) is 8.65. The SMILES string of the molecule is CC1CCCN(CCOCCC2CCC3CC2C3(C)C)C1. The molecule has 4 aliphatic rings. The highest BCUT2D eigenvalue weighted by Gasteiger charge is 2.53. The molecule has 4 atom stereocenters. The summed E-state index contributed by atoms with van der Waals surface area (Å²) in [6, 6.07) is 0. The fraction of sp³-hybridized carbons (Fsp3) is 1.00. The molecular formula is C19H35NO. The zero-order valence-electron chi connectivity index (χ0n) is 14.4. The van der Waals surface area contributed by atoms with Crippen LogP contribution in [0.1, 0.15) is 59.3 Å². The second-order valence-corrected chi connectivity index (χ2v) is 8.65. The maximum Gasteiger partial charge on any atom is 0.0593 e. The van der Waals surface area contributed by atoms with Gasteiger partial charge in [0.25, 0.3) is 0 Å². The Labute approximate surface area is 131 Å². The molecule has 3 saturated carbocycles. The van der Waals surface area contributed by atoms with E-state index in [1.165, 1.54) is 51.6 Å². The standard InChI is InChI=1S/C19H35NO/c1-15-5-4-9-20(14-15)10-12-21-11-8-16-6-7-17-13-18(16)19(17,2)3/h15-18H,4-14H2,1-3H3. The molecule has 2 nitrogen and oxygen atoms in total. The molecule has 0 aromatic heterocycles. The minimum absolute atomic E-state index is 0.632. The number of fused-ring (bicyclic) bond motifs is 2. The summed E-state index contributed by atoms with van der Waals surface area (Å²) in [4.78, 5) is 2.59. The van der Waals surface area contributed by atoms with E-state index in [9.17, 15) is 0 Å². The molecule has 1 heterocycles. The van der Waals surface area contributed by atoms with Crippen molar-refractivity contribution in [3.05, 3.63) is 0 Å². The van der Waals surface area contributed by atoms with Crippen molar-refractivity contribution in [3.8, 4) is 0 Å². The lowest BCUT2D eigenvalue weighted by molar-refractivity contribution is -0.111. The van der Waals surface area contributed by atoms with Crippen molar-refractivity contribution in [2.24, 2.45) is 29.1 Å². The minimum Gasteiger partial charge on any atom is -0.380 e. The lowest BCUT2D eigenvalue weighted by atomic mass is 9.45. The lowest BCUT2D eigenvalue weighted by Crippen LogP contribution is -2.52. The number of rotatable bonds is 6. The van der Waals surface area contributed by atoms with Crippen LogP contribution < -0.4 is 0 Å². The van der Waals surface area contributed by atoms with Crippen LogP contribution in [0.3, 0.4) is 0 Å². The summed E-state index contributed by atoms with van der Waals surface area (Å²) < 4.78 is 5.97. The van der Waals surface area contributed by atoms with Gasteiger partial charge in [-0.2, -0.15) is 0 Å². The van der Waals surface area contributed by atoms with E-state index in [1.807, 2.05) is 0 Å². The first kappa shape index (κ1) is 15.8. The predicted molar refractivity (Wildman–Crippen MR) is 88.4 cm³/mol. The van der Waals surface area contributed by atoms with Gasteiger partial charge in [-0.1, -0.05) is 20.8 Å². The molecule has 0 spiro atoms. The number of nitrogens with zero attached hydrogens (tertiary/aromatic N) is 1. The molecule has 122 valence electrons. The fourth-order valence-corrected chi connectivity index (χ4v) is 5.33. The summed E-state index contributed by atoms with van der Waals surface area (Å²) in [5.74, 6) is 3.85. The molecule has 4 unspecified atom stereocenters. The Kier molecular flexibility index (Phi) is 4.95. The molecular weight excluding hydrogens is 258 g/mol. The largest absolute Gasteiger partial charge is 0.380 e. The number of piperidine rings is 1. The van der Waals surface area contributed by atoms with Crippen LogP contribution in [0.5, 0.6) is 0 Å². The molecule has 0 N–H and O–H groups in total. The Bertz CT molecular complexity index is 338. The van der Waals surface area contributed by atoms with Gasteiger partial charge < -0.3 is 9.64 Å². The first-order chi connectivity index (χ1) is 10.1. The van der Waals surface area contributed by atoms with E-state index in [-0.39, 0.29) is 0 Å². The van der Waals surface area contributed by atoms with Gasteiger partial charge in [0.1, 0.15) is 0 Å². The minimum atomic E-state index is 0.632. The van der Waals surface area contributed by atoms with E-state index < -0.39 is 0 Å². The number of ether oxygens (including phenoxy) is 1. The van der Waals surface area contributed by atoms with E-state index >= 15 is 0 Å². The van der Waals surface area contributed by atoms with Crippen LogP contribution in [-0.2, 0) is 4.74 Å². The topological polar surface area (TPSA) is 12.5 Å². The monoisotopic (exact) mass is 293 g/mol. The van der Waals surface area contributed by atoms with Crippen LogP contribution in [0.2, 0.25) is 0 Å². The Hall–Kier alpha value is -0.0800. The van der Waals surface area contributed by atoms with Crippen LogP contribution in [0.25, 0.3) is 0 Å². The van der Waals surface area contributed by atoms with Gasteiger partial charge in [-0.15, -0.1) is 0 Å².